The Kier molecular flexibility index (Phi) is 5.20. The van der Waals surface area contributed by atoms with Crippen LogP contribution in [0.15, 0.2) is 6.07 Å². The van der Waals surface area contributed by atoms with Gasteiger partial charge in [0.2, 0.25) is 0 Å². The third-order valence-electron chi connectivity index (χ3n) is 2.22. The minimum absolute atomic E-state index is 0.00317. The number of hydrogen-bond acceptors (Lipinski definition) is 3. The summed E-state index contributed by atoms with van der Waals surface area (Å²) in [7, 11) is 0. The maximum absolute atomic E-state index is 11.7. The maximum Gasteiger partial charge on any atom is 0.326 e. The topological polar surface area (TPSA) is 119 Å². The average Bonchev–Trinajstić information content (AvgIpc) is 2.64. The molecule has 1 aromatic heterocycles. The zero-order valence-corrected chi connectivity index (χ0v) is 11.0. The molecule has 0 aromatic carbocycles. The Morgan fingerprint density at radius 3 is 2.37 bits per heavy atom. The summed E-state index contributed by atoms with van der Waals surface area (Å²) >= 11 is 11.3. The Labute approximate surface area is 117 Å². The molecule has 0 saturated heterocycles. The number of carboxylic acids is 2. The van der Waals surface area contributed by atoms with Crippen LogP contribution in [0.3, 0.4) is 0 Å². The van der Waals surface area contributed by atoms with Crippen molar-refractivity contribution in [3.8, 4) is 0 Å². The van der Waals surface area contributed by atoms with E-state index in [1.807, 2.05) is 0 Å². The van der Waals surface area contributed by atoms with Crippen LogP contribution in [0.2, 0.25) is 10.2 Å². The third-order valence-corrected chi connectivity index (χ3v) is 2.91. The second-order valence-corrected chi connectivity index (χ2v) is 4.43. The van der Waals surface area contributed by atoms with Gasteiger partial charge in [-0.3, -0.25) is 9.59 Å². The molecule has 1 rings (SSSR count). The average molecular weight is 309 g/mol. The van der Waals surface area contributed by atoms with E-state index in [-0.39, 0.29) is 28.7 Å². The van der Waals surface area contributed by atoms with Crippen molar-refractivity contribution >= 4 is 41.0 Å². The summed E-state index contributed by atoms with van der Waals surface area (Å²) < 4.78 is 0. The van der Waals surface area contributed by atoms with Gasteiger partial charge in [-0.05, 0) is 12.5 Å². The molecule has 0 radical (unpaired) electrons. The largest absolute Gasteiger partial charge is 0.481 e. The summed E-state index contributed by atoms with van der Waals surface area (Å²) in [6.45, 7) is 0. The highest BCUT2D eigenvalue weighted by Gasteiger charge is 2.22. The fourth-order valence-corrected chi connectivity index (χ4v) is 1.60. The minimum Gasteiger partial charge on any atom is -0.481 e. The highest BCUT2D eigenvalue weighted by molar-refractivity contribution is 6.41. The molecule has 104 valence electrons. The molecule has 0 aliphatic rings. The first-order valence-corrected chi connectivity index (χ1v) is 5.86. The Bertz CT molecular complexity index is 495. The third kappa shape index (κ3) is 4.46. The van der Waals surface area contributed by atoms with Crippen LogP contribution in [0.25, 0.3) is 0 Å². The summed E-state index contributed by atoms with van der Waals surface area (Å²) in [5.41, 5.74) is -0.00317. The quantitative estimate of drug-likeness (QED) is 0.632. The van der Waals surface area contributed by atoms with Gasteiger partial charge in [0.15, 0.2) is 0 Å². The number of halogens is 2. The number of hydrogen-bond donors (Lipinski definition) is 4. The Morgan fingerprint density at radius 1 is 1.32 bits per heavy atom. The summed E-state index contributed by atoms with van der Waals surface area (Å²) in [4.78, 5) is 35.4. The molecular formula is C10H10Cl2N2O5. The van der Waals surface area contributed by atoms with Gasteiger partial charge in [0, 0.05) is 6.42 Å². The molecule has 1 amide bonds. The zero-order valence-electron chi connectivity index (χ0n) is 9.44. The van der Waals surface area contributed by atoms with Crippen molar-refractivity contribution in [2.75, 3.05) is 0 Å². The highest BCUT2D eigenvalue weighted by Crippen LogP contribution is 2.21. The number of aromatic amines is 1. The monoisotopic (exact) mass is 308 g/mol. The number of aromatic nitrogens is 1. The number of amides is 1. The number of aliphatic carboxylic acids is 2. The van der Waals surface area contributed by atoms with Crippen LogP contribution in [0.1, 0.15) is 23.3 Å². The van der Waals surface area contributed by atoms with Gasteiger partial charge in [-0.25, -0.2) is 4.79 Å². The molecule has 0 aliphatic carbocycles. The number of carboxylic acid groups (broad SMARTS) is 2. The Hall–Kier alpha value is -1.73. The number of H-pyrrole nitrogens is 1. The van der Waals surface area contributed by atoms with Crippen LogP contribution in [-0.2, 0) is 9.59 Å². The van der Waals surface area contributed by atoms with E-state index >= 15 is 0 Å². The van der Waals surface area contributed by atoms with Gasteiger partial charge in [0.25, 0.3) is 5.91 Å². The predicted octanol–water partition coefficient (Wildman–Crippen LogP) is 1.37. The molecule has 7 nitrogen and oxygen atoms in total. The molecule has 1 atom stereocenters. The van der Waals surface area contributed by atoms with Gasteiger partial charge >= 0.3 is 11.9 Å². The second-order valence-electron chi connectivity index (χ2n) is 3.64. The van der Waals surface area contributed by atoms with Crippen molar-refractivity contribution in [3.63, 3.8) is 0 Å². The second kappa shape index (κ2) is 6.44. The molecule has 0 aliphatic heterocycles. The van der Waals surface area contributed by atoms with Crippen LogP contribution in [-0.4, -0.2) is 39.1 Å². The van der Waals surface area contributed by atoms with Gasteiger partial charge in [-0.2, -0.15) is 0 Å². The van der Waals surface area contributed by atoms with E-state index in [1.54, 1.807) is 0 Å². The SMILES string of the molecule is O=C(O)CC[C@H](NC(=O)c1cc(Cl)c(Cl)[nH]1)C(=O)O. The van der Waals surface area contributed by atoms with Crippen molar-refractivity contribution in [1.82, 2.24) is 10.3 Å². The molecule has 4 N–H and O–H groups in total. The van der Waals surface area contributed by atoms with Gasteiger partial charge in [-0.1, -0.05) is 23.2 Å². The Morgan fingerprint density at radius 2 is 1.95 bits per heavy atom. The predicted molar refractivity (Wildman–Crippen MR) is 66.6 cm³/mol. The molecule has 1 heterocycles. The van der Waals surface area contributed by atoms with E-state index in [0.29, 0.717) is 0 Å². The van der Waals surface area contributed by atoms with Crippen molar-refractivity contribution in [1.29, 1.82) is 0 Å². The van der Waals surface area contributed by atoms with E-state index in [2.05, 4.69) is 10.3 Å². The lowest BCUT2D eigenvalue weighted by Gasteiger charge is -2.12. The molecule has 0 bridgehead atoms. The van der Waals surface area contributed by atoms with Crippen molar-refractivity contribution in [3.05, 3.63) is 21.9 Å². The van der Waals surface area contributed by atoms with Crippen molar-refractivity contribution < 1.29 is 24.6 Å². The molecule has 0 spiro atoms. The lowest BCUT2D eigenvalue weighted by Crippen LogP contribution is -2.41. The van der Waals surface area contributed by atoms with Gasteiger partial charge in [0.1, 0.15) is 16.9 Å². The van der Waals surface area contributed by atoms with Crippen molar-refractivity contribution in [2.24, 2.45) is 0 Å². The smallest absolute Gasteiger partial charge is 0.326 e. The van der Waals surface area contributed by atoms with E-state index in [1.165, 1.54) is 6.07 Å². The number of carbonyl (C=O) groups is 3. The highest BCUT2D eigenvalue weighted by atomic mass is 35.5. The van der Waals surface area contributed by atoms with Gasteiger partial charge in [-0.15, -0.1) is 0 Å². The van der Waals surface area contributed by atoms with Crippen LogP contribution >= 0.6 is 23.2 Å². The minimum atomic E-state index is -1.32. The van der Waals surface area contributed by atoms with E-state index in [0.717, 1.165) is 0 Å². The summed E-state index contributed by atoms with van der Waals surface area (Å²) in [5, 5.41) is 19.7. The molecule has 0 saturated carbocycles. The van der Waals surface area contributed by atoms with Crippen molar-refractivity contribution in [2.45, 2.75) is 18.9 Å². The zero-order chi connectivity index (χ0) is 14.6. The van der Waals surface area contributed by atoms with Crippen LogP contribution in [0.5, 0.6) is 0 Å². The lowest BCUT2D eigenvalue weighted by molar-refractivity contribution is -0.140. The molecule has 19 heavy (non-hydrogen) atoms. The van der Waals surface area contributed by atoms with E-state index in [9.17, 15) is 14.4 Å². The molecule has 9 heteroatoms. The van der Waals surface area contributed by atoms with Gasteiger partial charge in [0.05, 0.1) is 5.02 Å². The molecule has 0 fully saturated rings. The maximum atomic E-state index is 11.7. The first kappa shape index (κ1) is 15.3. The fourth-order valence-electron chi connectivity index (χ4n) is 1.29. The van der Waals surface area contributed by atoms with E-state index < -0.39 is 23.9 Å². The lowest BCUT2D eigenvalue weighted by atomic mass is 10.1. The fraction of sp³-hybridized carbons (Fsp3) is 0.300. The summed E-state index contributed by atoms with van der Waals surface area (Å²) in [6, 6.07) is -0.0561. The number of nitrogens with one attached hydrogen (secondary N) is 2. The summed E-state index contributed by atoms with van der Waals surface area (Å²) in [6.07, 6.45) is -0.595. The molecule has 1 aromatic rings. The van der Waals surface area contributed by atoms with Crippen LogP contribution in [0.4, 0.5) is 0 Å². The number of rotatable bonds is 6. The first-order valence-electron chi connectivity index (χ1n) is 5.10. The van der Waals surface area contributed by atoms with Crippen LogP contribution < -0.4 is 5.32 Å². The number of carbonyl (C=O) groups excluding carboxylic acids is 1. The standard InChI is InChI=1S/C10H10Cl2N2O5/c11-4-3-6(13-8(4)12)9(17)14-5(10(18)19)1-2-7(15)16/h3,5,13H,1-2H2,(H,14,17)(H,15,16)(H,18,19)/t5-/m0/s1. The first-order chi connectivity index (χ1) is 8.81. The van der Waals surface area contributed by atoms with E-state index in [4.69, 9.17) is 33.4 Å². The van der Waals surface area contributed by atoms with Crippen LogP contribution in [0, 0.1) is 0 Å². The normalized spacial score (nSPS) is 11.9. The van der Waals surface area contributed by atoms with Gasteiger partial charge < -0.3 is 20.5 Å². The Balaban J connectivity index is 2.71. The summed E-state index contributed by atoms with van der Waals surface area (Å²) in [5.74, 6) is -3.20. The molecule has 0 unspecified atom stereocenters. The molecular weight excluding hydrogens is 299 g/mol.